The molecule has 6 nitrogen and oxygen atoms in total. The van der Waals surface area contributed by atoms with Crippen molar-refractivity contribution >= 4 is 41.2 Å². The number of para-hydroxylation sites is 1. The Morgan fingerprint density at radius 2 is 1.70 bits per heavy atom. The number of ether oxygens (including phenoxy) is 2. The summed E-state index contributed by atoms with van der Waals surface area (Å²) < 4.78 is 13.2. The second-order valence-corrected chi connectivity index (χ2v) is 8.60. The number of hydrogen-bond acceptors (Lipinski definition) is 6. The predicted octanol–water partition coefficient (Wildman–Crippen LogP) is 6.35. The van der Waals surface area contributed by atoms with E-state index >= 15 is 0 Å². The van der Waals surface area contributed by atoms with Gasteiger partial charge >= 0.3 is 0 Å². The van der Waals surface area contributed by atoms with Gasteiger partial charge < -0.3 is 9.47 Å². The van der Waals surface area contributed by atoms with Gasteiger partial charge in [-0.1, -0.05) is 77.4 Å². The van der Waals surface area contributed by atoms with Gasteiger partial charge in [0.2, 0.25) is 5.16 Å². The van der Waals surface area contributed by atoms with Gasteiger partial charge in [0.1, 0.15) is 12.9 Å². The molecule has 0 saturated heterocycles. The Hall–Kier alpha value is -3.00. The third-order valence-corrected chi connectivity index (χ3v) is 6.41. The van der Waals surface area contributed by atoms with Gasteiger partial charge in [-0.2, -0.15) is 9.78 Å². The maximum absolute atomic E-state index is 6.27. The molecule has 0 atom stereocenters. The number of nitrogens with zero attached hydrogens (tertiary/aromatic N) is 4. The molecule has 9 heteroatoms. The van der Waals surface area contributed by atoms with Gasteiger partial charge in [0.05, 0.1) is 13.3 Å². The molecule has 0 saturated carbocycles. The minimum absolute atomic E-state index is 0.298. The molecule has 4 aromatic rings. The molecule has 0 fully saturated rings. The smallest absolute Gasteiger partial charge is 0.212 e. The van der Waals surface area contributed by atoms with E-state index in [2.05, 4.69) is 15.3 Å². The van der Waals surface area contributed by atoms with Gasteiger partial charge in [-0.25, -0.2) is 0 Å². The third kappa shape index (κ3) is 5.87. The normalized spacial score (nSPS) is 11.1. The van der Waals surface area contributed by atoms with Crippen molar-refractivity contribution in [3.8, 4) is 11.5 Å². The SMILES string of the molecule is COc1cccc(/C=N/n2cnnc2SCc2ccccc2Cl)c1OCc1ccccc1Cl. The highest BCUT2D eigenvalue weighted by molar-refractivity contribution is 7.98. The van der Waals surface area contributed by atoms with Gasteiger partial charge in [-0.05, 0) is 29.8 Å². The number of benzene rings is 3. The Morgan fingerprint density at radius 3 is 2.42 bits per heavy atom. The Bertz CT molecular complexity index is 1260. The predicted molar refractivity (Wildman–Crippen MR) is 133 cm³/mol. The van der Waals surface area contributed by atoms with E-state index in [9.17, 15) is 0 Å². The summed E-state index contributed by atoms with van der Waals surface area (Å²) in [6.45, 7) is 0.298. The van der Waals surface area contributed by atoms with E-state index < -0.39 is 0 Å². The summed E-state index contributed by atoms with van der Waals surface area (Å²) in [4.78, 5) is 0. The molecular formula is C24H20Cl2N4O2S. The molecule has 33 heavy (non-hydrogen) atoms. The average molecular weight is 499 g/mol. The van der Waals surface area contributed by atoms with Crippen LogP contribution in [-0.2, 0) is 12.4 Å². The van der Waals surface area contributed by atoms with Crippen molar-refractivity contribution in [3.63, 3.8) is 0 Å². The lowest BCUT2D eigenvalue weighted by Crippen LogP contribution is -2.02. The zero-order valence-electron chi connectivity index (χ0n) is 17.7. The topological polar surface area (TPSA) is 61.5 Å². The van der Waals surface area contributed by atoms with Crippen molar-refractivity contribution < 1.29 is 9.47 Å². The first kappa shape index (κ1) is 23.2. The summed E-state index contributed by atoms with van der Waals surface area (Å²) in [5.41, 5.74) is 2.65. The van der Waals surface area contributed by atoms with E-state index in [4.69, 9.17) is 32.7 Å². The summed E-state index contributed by atoms with van der Waals surface area (Å²) >= 11 is 14.0. The van der Waals surface area contributed by atoms with Crippen molar-refractivity contribution in [2.45, 2.75) is 17.5 Å². The Morgan fingerprint density at radius 1 is 0.970 bits per heavy atom. The molecule has 0 bridgehead atoms. The molecule has 1 heterocycles. The standard InChI is InChI=1S/C24H20Cl2N4O2S/c1-31-22-12-6-9-17(23(22)32-14-18-7-2-4-10-20(18)25)13-28-30-16-27-29-24(30)33-15-19-8-3-5-11-21(19)26/h2-13,16H,14-15H2,1H3/b28-13+. The van der Waals surface area contributed by atoms with Crippen molar-refractivity contribution in [1.29, 1.82) is 0 Å². The molecule has 3 aromatic carbocycles. The van der Waals surface area contributed by atoms with Crippen LogP contribution >= 0.6 is 35.0 Å². The lowest BCUT2D eigenvalue weighted by molar-refractivity contribution is 0.284. The molecule has 0 radical (unpaired) electrons. The number of halogens is 2. The first-order chi connectivity index (χ1) is 16.2. The van der Waals surface area contributed by atoms with Gasteiger partial charge in [0.25, 0.3) is 0 Å². The summed E-state index contributed by atoms with van der Waals surface area (Å²) in [5, 5.41) is 14.7. The number of rotatable bonds is 9. The summed E-state index contributed by atoms with van der Waals surface area (Å²) in [6.07, 6.45) is 3.24. The van der Waals surface area contributed by atoms with Crippen LogP contribution in [0.3, 0.4) is 0 Å². The van der Waals surface area contributed by atoms with Crippen LogP contribution in [0, 0.1) is 0 Å². The van der Waals surface area contributed by atoms with Crippen LogP contribution in [0.2, 0.25) is 10.0 Å². The van der Waals surface area contributed by atoms with Crippen LogP contribution in [0.5, 0.6) is 11.5 Å². The number of methoxy groups -OCH3 is 1. The quantitative estimate of drug-likeness (QED) is 0.199. The van der Waals surface area contributed by atoms with Crippen LogP contribution in [0.15, 0.2) is 83.3 Å². The zero-order chi connectivity index (χ0) is 23.0. The van der Waals surface area contributed by atoms with Gasteiger partial charge in [0.15, 0.2) is 11.5 Å². The molecule has 168 valence electrons. The molecule has 1 aromatic heterocycles. The second-order valence-electron chi connectivity index (χ2n) is 6.84. The zero-order valence-corrected chi connectivity index (χ0v) is 20.0. The van der Waals surface area contributed by atoms with Crippen molar-refractivity contribution in [1.82, 2.24) is 14.9 Å². The summed E-state index contributed by atoms with van der Waals surface area (Å²) in [5.74, 6) is 1.82. The Labute approximate surface area is 206 Å². The highest BCUT2D eigenvalue weighted by Gasteiger charge is 2.12. The fourth-order valence-electron chi connectivity index (χ4n) is 2.99. The maximum Gasteiger partial charge on any atom is 0.212 e. The fourth-order valence-corrected chi connectivity index (χ4v) is 4.33. The summed E-state index contributed by atoms with van der Waals surface area (Å²) in [7, 11) is 1.60. The third-order valence-electron chi connectivity index (χ3n) is 4.70. The molecular weight excluding hydrogens is 479 g/mol. The second kappa shape index (κ2) is 11.2. The van der Waals surface area contributed by atoms with Gasteiger partial charge in [-0.15, -0.1) is 10.2 Å². The lowest BCUT2D eigenvalue weighted by Gasteiger charge is -2.14. The summed E-state index contributed by atoms with van der Waals surface area (Å²) in [6, 6.07) is 20.9. The van der Waals surface area contributed by atoms with Crippen LogP contribution in [0.1, 0.15) is 16.7 Å². The van der Waals surface area contributed by atoms with Crippen LogP contribution < -0.4 is 9.47 Å². The molecule has 0 N–H and O–H groups in total. The van der Waals surface area contributed by atoms with Gasteiger partial charge in [-0.3, -0.25) is 0 Å². The van der Waals surface area contributed by atoms with E-state index in [1.807, 2.05) is 66.7 Å². The van der Waals surface area contributed by atoms with Crippen LogP contribution in [-0.4, -0.2) is 28.2 Å². The Balaban J connectivity index is 1.52. The van der Waals surface area contributed by atoms with Crippen molar-refractivity contribution in [2.75, 3.05) is 7.11 Å². The maximum atomic E-state index is 6.27. The fraction of sp³-hybridized carbons (Fsp3) is 0.125. The van der Waals surface area contributed by atoms with Gasteiger partial charge in [0, 0.05) is 26.9 Å². The minimum Gasteiger partial charge on any atom is -0.493 e. The Kier molecular flexibility index (Phi) is 7.88. The monoisotopic (exact) mass is 498 g/mol. The molecule has 0 aliphatic carbocycles. The minimum atomic E-state index is 0.298. The van der Waals surface area contributed by atoms with Crippen molar-refractivity contribution in [3.05, 3.63) is 99.8 Å². The largest absolute Gasteiger partial charge is 0.493 e. The first-order valence-corrected chi connectivity index (χ1v) is 11.7. The average Bonchev–Trinajstić information content (AvgIpc) is 3.29. The van der Waals surface area contributed by atoms with E-state index in [1.54, 1.807) is 24.3 Å². The van der Waals surface area contributed by atoms with Crippen LogP contribution in [0.4, 0.5) is 0 Å². The molecule has 0 unspecified atom stereocenters. The number of aromatic nitrogens is 3. The molecule has 0 spiro atoms. The molecule has 4 rings (SSSR count). The van der Waals surface area contributed by atoms with Crippen molar-refractivity contribution in [2.24, 2.45) is 5.10 Å². The van der Waals surface area contributed by atoms with E-state index in [0.29, 0.717) is 34.0 Å². The number of thioether (sulfide) groups is 1. The lowest BCUT2D eigenvalue weighted by atomic mass is 10.2. The highest BCUT2D eigenvalue weighted by Crippen LogP contribution is 2.32. The number of hydrogen-bond donors (Lipinski definition) is 0. The van der Waals surface area contributed by atoms with Crippen LogP contribution in [0.25, 0.3) is 0 Å². The highest BCUT2D eigenvalue weighted by atomic mass is 35.5. The molecule has 0 aliphatic rings. The van der Waals surface area contributed by atoms with E-state index in [-0.39, 0.29) is 0 Å². The van der Waals surface area contributed by atoms with E-state index in [0.717, 1.165) is 21.7 Å². The first-order valence-electron chi connectivity index (χ1n) is 9.99. The molecule has 0 amide bonds. The van der Waals surface area contributed by atoms with E-state index in [1.165, 1.54) is 11.8 Å². The molecule has 0 aliphatic heterocycles.